The summed E-state index contributed by atoms with van der Waals surface area (Å²) < 4.78 is 0. The molecule has 1 fully saturated rings. The first-order valence-corrected chi connectivity index (χ1v) is 9.94. The molecule has 2 heterocycles. The molecule has 1 spiro atoms. The van der Waals surface area contributed by atoms with Gasteiger partial charge in [0, 0.05) is 31.2 Å². The number of hydrogen-bond acceptors (Lipinski definition) is 3. The van der Waals surface area contributed by atoms with Crippen LogP contribution in [0.25, 0.3) is 0 Å². The highest BCUT2D eigenvalue weighted by Crippen LogP contribution is 2.36. The number of carbonyl (C=O) groups excluding carboxylic acids is 2. The molecular formula is C23H27N3O2. The Bertz CT molecular complexity index is 880. The summed E-state index contributed by atoms with van der Waals surface area (Å²) in [6, 6.07) is 18.0. The first-order chi connectivity index (χ1) is 13.5. The molecule has 2 amide bonds. The van der Waals surface area contributed by atoms with Crippen molar-refractivity contribution in [3.8, 4) is 0 Å². The Kier molecular flexibility index (Phi) is 4.94. The van der Waals surface area contributed by atoms with Crippen LogP contribution in [-0.2, 0) is 17.8 Å². The van der Waals surface area contributed by atoms with Crippen LogP contribution in [-0.4, -0.2) is 41.4 Å². The summed E-state index contributed by atoms with van der Waals surface area (Å²) >= 11 is 0. The number of nitrogens with zero attached hydrogens (tertiary/aromatic N) is 1. The third-order valence-electron chi connectivity index (χ3n) is 5.74. The summed E-state index contributed by atoms with van der Waals surface area (Å²) in [5.74, 6) is -0.341. The summed E-state index contributed by atoms with van der Waals surface area (Å²) in [4.78, 5) is 28.2. The van der Waals surface area contributed by atoms with E-state index >= 15 is 0 Å². The average Bonchev–Trinajstić information content (AvgIpc) is 2.99. The zero-order valence-electron chi connectivity index (χ0n) is 16.4. The lowest BCUT2D eigenvalue weighted by atomic mass is 9.77. The molecule has 4 rings (SSSR count). The van der Waals surface area contributed by atoms with E-state index in [2.05, 4.69) is 27.7 Å². The van der Waals surface area contributed by atoms with Gasteiger partial charge in [0.25, 0.3) is 5.91 Å². The minimum atomic E-state index is -0.570. The number of fused-ring (bicyclic) bond motifs is 1. The quantitative estimate of drug-likeness (QED) is 0.860. The molecule has 2 aliphatic heterocycles. The van der Waals surface area contributed by atoms with E-state index in [0.29, 0.717) is 19.5 Å². The van der Waals surface area contributed by atoms with Gasteiger partial charge in [-0.3, -0.25) is 14.5 Å². The average molecular weight is 377 g/mol. The third kappa shape index (κ3) is 3.54. The van der Waals surface area contributed by atoms with Crippen LogP contribution in [0, 0.1) is 5.92 Å². The van der Waals surface area contributed by atoms with Gasteiger partial charge in [0.15, 0.2) is 0 Å². The van der Waals surface area contributed by atoms with Gasteiger partial charge in [0.05, 0.1) is 11.5 Å². The maximum atomic E-state index is 13.1. The summed E-state index contributed by atoms with van der Waals surface area (Å²) in [5, 5.41) is 6.29. The molecule has 0 unspecified atom stereocenters. The highest BCUT2D eigenvalue weighted by molar-refractivity contribution is 5.98. The van der Waals surface area contributed by atoms with Crippen LogP contribution < -0.4 is 10.6 Å². The maximum Gasteiger partial charge on any atom is 0.252 e. The van der Waals surface area contributed by atoms with Crippen molar-refractivity contribution in [2.24, 2.45) is 5.92 Å². The molecule has 0 aliphatic carbocycles. The minimum absolute atomic E-state index is 0.0187. The second-order valence-corrected chi connectivity index (χ2v) is 8.32. The number of carbonyl (C=O) groups is 2. The van der Waals surface area contributed by atoms with E-state index in [9.17, 15) is 9.59 Å². The van der Waals surface area contributed by atoms with Gasteiger partial charge in [-0.15, -0.1) is 0 Å². The molecule has 0 saturated carbocycles. The number of likely N-dealkylation sites (tertiary alicyclic amines) is 1. The summed E-state index contributed by atoms with van der Waals surface area (Å²) in [7, 11) is 0. The Hall–Kier alpha value is -2.66. The number of hydrogen-bond donors (Lipinski definition) is 2. The summed E-state index contributed by atoms with van der Waals surface area (Å²) in [6.45, 7) is 6.01. The number of benzene rings is 2. The molecule has 1 saturated heterocycles. The summed E-state index contributed by atoms with van der Waals surface area (Å²) in [5.41, 5.74) is 2.39. The van der Waals surface area contributed by atoms with Crippen molar-refractivity contribution < 1.29 is 9.59 Å². The van der Waals surface area contributed by atoms with Crippen molar-refractivity contribution >= 4 is 11.8 Å². The molecule has 0 bridgehead atoms. The first-order valence-electron chi connectivity index (χ1n) is 9.94. The zero-order chi connectivity index (χ0) is 19.7. The Morgan fingerprint density at radius 3 is 2.64 bits per heavy atom. The largest absolute Gasteiger partial charge is 0.354 e. The topological polar surface area (TPSA) is 61.4 Å². The van der Waals surface area contributed by atoms with Crippen LogP contribution in [0.3, 0.4) is 0 Å². The molecule has 0 aromatic heterocycles. The smallest absolute Gasteiger partial charge is 0.252 e. The van der Waals surface area contributed by atoms with Gasteiger partial charge in [0.1, 0.15) is 0 Å². The van der Waals surface area contributed by atoms with Crippen LogP contribution in [0.5, 0.6) is 0 Å². The lowest BCUT2D eigenvalue weighted by molar-refractivity contribution is -0.126. The van der Waals surface area contributed by atoms with Crippen LogP contribution in [0.1, 0.15) is 35.3 Å². The molecule has 5 heteroatoms. The molecule has 0 radical (unpaired) electrons. The predicted octanol–water partition coefficient (Wildman–Crippen LogP) is 2.37. The minimum Gasteiger partial charge on any atom is -0.354 e. The van der Waals surface area contributed by atoms with Gasteiger partial charge in [-0.25, -0.2) is 0 Å². The van der Waals surface area contributed by atoms with E-state index in [-0.39, 0.29) is 23.8 Å². The number of nitrogens with one attached hydrogen (secondary N) is 2. The second kappa shape index (κ2) is 7.40. The fraction of sp³-hybridized carbons (Fsp3) is 0.391. The fourth-order valence-electron chi connectivity index (χ4n) is 4.57. The van der Waals surface area contributed by atoms with Crippen LogP contribution in [0.4, 0.5) is 0 Å². The zero-order valence-corrected chi connectivity index (χ0v) is 16.4. The van der Waals surface area contributed by atoms with Crippen molar-refractivity contribution in [1.29, 1.82) is 0 Å². The molecule has 146 valence electrons. The van der Waals surface area contributed by atoms with Gasteiger partial charge in [-0.2, -0.15) is 0 Å². The SMILES string of the molecule is CC(C)NC(=O)[C@@H]1CN(Cc2ccccc2)C[C@]12Cc1ccccc1C(=O)N2. The van der Waals surface area contributed by atoms with Crippen LogP contribution in [0.2, 0.25) is 0 Å². The molecule has 2 aromatic rings. The van der Waals surface area contributed by atoms with E-state index < -0.39 is 5.54 Å². The number of amides is 2. The van der Waals surface area contributed by atoms with Gasteiger partial charge in [-0.1, -0.05) is 48.5 Å². The lowest BCUT2D eigenvalue weighted by Crippen LogP contribution is -2.62. The van der Waals surface area contributed by atoms with Crippen molar-refractivity contribution in [2.75, 3.05) is 13.1 Å². The molecule has 28 heavy (non-hydrogen) atoms. The van der Waals surface area contributed by atoms with Gasteiger partial charge in [0.2, 0.25) is 5.91 Å². The van der Waals surface area contributed by atoms with Gasteiger partial charge in [-0.05, 0) is 37.5 Å². The monoisotopic (exact) mass is 377 g/mol. The van der Waals surface area contributed by atoms with Gasteiger partial charge >= 0.3 is 0 Å². The maximum absolute atomic E-state index is 13.1. The van der Waals surface area contributed by atoms with E-state index in [1.807, 2.05) is 56.3 Å². The fourth-order valence-corrected chi connectivity index (χ4v) is 4.57. The highest BCUT2D eigenvalue weighted by atomic mass is 16.2. The summed E-state index contributed by atoms with van der Waals surface area (Å²) in [6.07, 6.45) is 0.677. The van der Waals surface area contributed by atoms with Gasteiger partial charge < -0.3 is 10.6 Å². The Balaban J connectivity index is 1.64. The third-order valence-corrected chi connectivity index (χ3v) is 5.74. The van der Waals surface area contributed by atoms with Crippen molar-refractivity contribution in [1.82, 2.24) is 15.5 Å². The standard InChI is InChI=1S/C23H27N3O2/c1-16(2)24-22(28)20-14-26(13-17-8-4-3-5-9-17)15-23(20)12-18-10-6-7-11-19(18)21(27)25-23/h3-11,16,20H,12-15H2,1-2H3,(H,24,28)(H,25,27)/t20-,23+/m0/s1. The second-order valence-electron chi connectivity index (χ2n) is 8.32. The van der Waals surface area contributed by atoms with Crippen molar-refractivity contribution in [3.05, 3.63) is 71.3 Å². The first kappa shape index (κ1) is 18.7. The highest BCUT2D eigenvalue weighted by Gasteiger charge is 2.53. The van der Waals surface area contributed by atoms with E-state index in [0.717, 1.165) is 17.7 Å². The Labute approximate surface area is 166 Å². The Morgan fingerprint density at radius 1 is 1.18 bits per heavy atom. The molecule has 5 nitrogen and oxygen atoms in total. The lowest BCUT2D eigenvalue weighted by Gasteiger charge is -2.39. The normalized spacial score (nSPS) is 24.2. The molecular weight excluding hydrogens is 350 g/mol. The van der Waals surface area contributed by atoms with Crippen LogP contribution in [0.15, 0.2) is 54.6 Å². The van der Waals surface area contributed by atoms with Crippen molar-refractivity contribution in [3.63, 3.8) is 0 Å². The van der Waals surface area contributed by atoms with E-state index in [1.165, 1.54) is 5.56 Å². The van der Waals surface area contributed by atoms with E-state index in [1.54, 1.807) is 0 Å². The molecule has 2 N–H and O–H groups in total. The van der Waals surface area contributed by atoms with Crippen molar-refractivity contribution in [2.45, 2.75) is 38.4 Å². The molecule has 2 atom stereocenters. The number of rotatable bonds is 4. The predicted molar refractivity (Wildman–Crippen MR) is 109 cm³/mol. The Morgan fingerprint density at radius 2 is 1.89 bits per heavy atom. The van der Waals surface area contributed by atoms with Crippen LogP contribution >= 0.6 is 0 Å². The van der Waals surface area contributed by atoms with E-state index in [4.69, 9.17) is 0 Å². The molecule has 2 aliphatic rings. The molecule has 2 aromatic carbocycles.